The van der Waals surface area contributed by atoms with E-state index in [1.165, 1.54) is 4.88 Å². The fourth-order valence-electron chi connectivity index (χ4n) is 2.74. The normalized spacial score (nSPS) is 20.4. The molecule has 0 aromatic carbocycles. The molecule has 1 fully saturated rings. The van der Waals surface area contributed by atoms with E-state index in [4.69, 9.17) is 0 Å². The molecule has 1 saturated heterocycles. The average molecular weight is 309 g/mol. The summed E-state index contributed by atoms with van der Waals surface area (Å²) in [6.07, 6.45) is 0. The van der Waals surface area contributed by atoms with Crippen molar-refractivity contribution in [1.29, 1.82) is 0 Å². The van der Waals surface area contributed by atoms with Gasteiger partial charge in [-0.25, -0.2) is 0 Å². The fourth-order valence-corrected chi connectivity index (χ4v) is 3.69. The Labute approximate surface area is 131 Å². The van der Waals surface area contributed by atoms with Crippen molar-refractivity contribution in [1.82, 2.24) is 15.5 Å². The summed E-state index contributed by atoms with van der Waals surface area (Å²) in [5.74, 6) is 0.515. The van der Waals surface area contributed by atoms with Gasteiger partial charge in [-0.3, -0.25) is 9.69 Å². The van der Waals surface area contributed by atoms with Crippen molar-refractivity contribution >= 4 is 17.2 Å². The molecule has 1 aromatic rings. The largest absolute Gasteiger partial charge is 0.347 e. The number of nitrogens with zero attached hydrogens (tertiary/aromatic N) is 1. The van der Waals surface area contributed by atoms with E-state index in [2.05, 4.69) is 54.7 Å². The first kappa shape index (κ1) is 16.5. The number of amides is 1. The molecule has 2 heterocycles. The number of piperazine rings is 1. The molecule has 1 aliphatic heterocycles. The Morgan fingerprint density at radius 2 is 2.29 bits per heavy atom. The van der Waals surface area contributed by atoms with Gasteiger partial charge in [0.1, 0.15) is 0 Å². The third-order valence-electron chi connectivity index (χ3n) is 4.14. The van der Waals surface area contributed by atoms with Crippen molar-refractivity contribution in [2.24, 2.45) is 5.92 Å². The van der Waals surface area contributed by atoms with Crippen LogP contribution in [0.25, 0.3) is 0 Å². The van der Waals surface area contributed by atoms with Gasteiger partial charge in [0.2, 0.25) is 5.91 Å². The van der Waals surface area contributed by atoms with Crippen LogP contribution in [0.15, 0.2) is 17.5 Å². The standard InChI is InChI=1S/C16H27N3OS/c1-12(2)15(13-6-5-9-21-13)18-14(20)10-19-8-7-17-11-16(19,3)4/h5-6,9,12,15,17H,7-8,10-11H2,1-4H3,(H,18,20). The van der Waals surface area contributed by atoms with Crippen molar-refractivity contribution in [2.45, 2.75) is 39.3 Å². The zero-order valence-corrected chi connectivity index (χ0v) is 14.3. The van der Waals surface area contributed by atoms with E-state index < -0.39 is 0 Å². The molecular formula is C16H27N3OS. The lowest BCUT2D eigenvalue weighted by Crippen LogP contribution is -2.60. The van der Waals surface area contributed by atoms with E-state index in [9.17, 15) is 4.79 Å². The Bertz CT molecular complexity index is 456. The molecule has 0 saturated carbocycles. The second kappa shape index (κ2) is 6.90. The third-order valence-corrected chi connectivity index (χ3v) is 5.09. The minimum atomic E-state index is 0.0336. The minimum absolute atomic E-state index is 0.0336. The summed E-state index contributed by atoms with van der Waals surface area (Å²) >= 11 is 1.71. The minimum Gasteiger partial charge on any atom is -0.347 e. The highest BCUT2D eigenvalue weighted by atomic mass is 32.1. The van der Waals surface area contributed by atoms with Gasteiger partial charge < -0.3 is 10.6 Å². The Morgan fingerprint density at radius 3 is 2.86 bits per heavy atom. The van der Waals surface area contributed by atoms with Gasteiger partial charge in [0, 0.05) is 30.1 Å². The number of nitrogens with one attached hydrogen (secondary N) is 2. The van der Waals surface area contributed by atoms with E-state index in [1.807, 2.05) is 6.07 Å². The summed E-state index contributed by atoms with van der Waals surface area (Å²) in [6, 6.07) is 4.26. The molecule has 4 nitrogen and oxygen atoms in total. The first-order valence-electron chi connectivity index (χ1n) is 7.68. The number of hydrogen-bond acceptors (Lipinski definition) is 4. The fraction of sp³-hybridized carbons (Fsp3) is 0.688. The molecule has 1 aliphatic rings. The van der Waals surface area contributed by atoms with Crippen LogP contribution in [-0.4, -0.2) is 42.5 Å². The highest BCUT2D eigenvalue weighted by molar-refractivity contribution is 7.10. The quantitative estimate of drug-likeness (QED) is 0.877. The Kier molecular flexibility index (Phi) is 5.41. The van der Waals surface area contributed by atoms with Gasteiger partial charge in [0.15, 0.2) is 0 Å². The Balaban J connectivity index is 1.96. The second-order valence-corrected chi connectivity index (χ2v) is 7.69. The number of carbonyl (C=O) groups excluding carboxylic acids is 1. The molecule has 2 rings (SSSR count). The van der Waals surface area contributed by atoms with Crippen LogP contribution in [0.1, 0.15) is 38.6 Å². The van der Waals surface area contributed by atoms with E-state index >= 15 is 0 Å². The highest BCUT2D eigenvalue weighted by Gasteiger charge is 2.31. The SMILES string of the molecule is CC(C)C(NC(=O)CN1CCNCC1(C)C)c1cccs1. The summed E-state index contributed by atoms with van der Waals surface area (Å²) < 4.78 is 0. The van der Waals surface area contributed by atoms with Crippen molar-refractivity contribution in [3.8, 4) is 0 Å². The molecule has 5 heteroatoms. The van der Waals surface area contributed by atoms with Crippen LogP contribution in [-0.2, 0) is 4.79 Å². The molecule has 1 aromatic heterocycles. The first-order valence-corrected chi connectivity index (χ1v) is 8.56. The zero-order chi connectivity index (χ0) is 15.5. The summed E-state index contributed by atoms with van der Waals surface area (Å²) in [5, 5.41) is 8.67. The molecule has 0 bridgehead atoms. The molecule has 0 radical (unpaired) electrons. The van der Waals surface area contributed by atoms with Crippen LogP contribution in [0.5, 0.6) is 0 Å². The van der Waals surface area contributed by atoms with Crippen molar-refractivity contribution in [3.63, 3.8) is 0 Å². The topological polar surface area (TPSA) is 44.4 Å². The van der Waals surface area contributed by atoms with Crippen LogP contribution < -0.4 is 10.6 Å². The Hall–Kier alpha value is -0.910. The van der Waals surface area contributed by atoms with Crippen molar-refractivity contribution < 1.29 is 4.79 Å². The van der Waals surface area contributed by atoms with Gasteiger partial charge in [-0.05, 0) is 31.2 Å². The van der Waals surface area contributed by atoms with E-state index in [0.29, 0.717) is 12.5 Å². The van der Waals surface area contributed by atoms with Crippen molar-refractivity contribution in [3.05, 3.63) is 22.4 Å². The summed E-state index contributed by atoms with van der Waals surface area (Å²) in [7, 11) is 0. The number of thiophene rings is 1. The maximum Gasteiger partial charge on any atom is 0.234 e. The molecule has 21 heavy (non-hydrogen) atoms. The monoisotopic (exact) mass is 309 g/mol. The molecule has 1 amide bonds. The van der Waals surface area contributed by atoms with Crippen molar-refractivity contribution in [2.75, 3.05) is 26.2 Å². The number of rotatable bonds is 5. The lowest BCUT2D eigenvalue weighted by molar-refractivity contribution is -0.125. The van der Waals surface area contributed by atoms with Crippen LogP contribution >= 0.6 is 11.3 Å². The number of carbonyl (C=O) groups is 1. The molecule has 0 spiro atoms. The van der Waals surface area contributed by atoms with Crippen LogP contribution in [0.4, 0.5) is 0 Å². The maximum absolute atomic E-state index is 12.4. The highest BCUT2D eigenvalue weighted by Crippen LogP contribution is 2.26. The van der Waals surface area contributed by atoms with E-state index in [1.54, 1.807) is 11.3 Å². The Morgan fingerprint density at radius 1 is 1.52 bits per heavy atom. The molecule has 0 aliphatic carbocycles. The van der Waals surface area contributed by atoms with Crippen LogP contribution in [0.2, 0.25) is 0 Å². The molecular weight excluding hydrogens is 282 g/mol. The maximum atomic E-state index is 12.4. The van der Waals surface area contributed by atoms with Gasteiger partial charge in [-0.1, -0.05) is 19.9 Å². The first-order chi connectivity index (χ1) is 9.90. The number of hydrogen-bond donors (Lipinski definition) is 2. The predicted octanol–water partition coefficient (Wildman–Crippen LogP) is 2.25. The molecule has 2 N–H and O–H groups in total. The van der Waals surface area contributed by atoms with E-state index in [0.717, 1.165) is 19.6 Å². The summed E-state index contributed by atoms with van der Waals surface area (Å²) in [6.45, 7) is 12.0. The van der Waals surface area contributed by atoms with Gasteiger partial charge in [0.25, 0.3) is 0 Å². The van der Waals surface area contributed by atoms with Gasteiger partial charge in [0.05, 0.1) is 12.6 Å². The van der Waals surface area contributed by atoms with Gasteiger partial charge in [-0.2, -0.15) is 0 Å². The molecule has 1 atom stereocenters. The van der Waals surface area contributed by atoms with E-state index in [-0.39, 0.29) is 17.5 Å². The second-order valence-electron chi connectivity index (χ2n) is 6.72. The average Bonchev–Trinajstić information content (AvgIpc) is 2.91. The smallest absolute Gasteiger partial charge is 0.234 e. The molecule has 118 valence electrons. The van der Waals surface area contributed by atoms with Crippen LogP contribution in [0, 0.1) is 5.92 Å². The zero-order valence-electron chi connectivity index (χ0n) is 13.5. The third kappa shape index (κ3) is 4.28. The lowest BCUT2D eigenvalue weighted by Gasteiger charge is -2.42. The van der Waals surface area contributed by atoms with Crippen LogP contribution in [0.3, 0.4) is 0 Å². The predicted molar refractivity (Wildman–Crippen MR) is 88.6 cm³/mol. The lowest BCUT2D eigenvalue weighted by atomic mass is 10.00. The summed E-state index contributed by atoms with van der Waals surface area (Å²) in [4.78, 5) is 15.9. The summed E-state index contributed by atoms with van der Waals surface area (Å²) in [5.41, 5.74) is 0.0336. The molecule has 1 unspecified atom stereocenters. The van der Waals surface area contributed by atoms with Gasteiger partial charge >= 0.3 is 0 Å². The van der Waals surface area contributed by atoms with Gasteiger partial charge in [-0.15, -0.1) is 11.3 Å².